The summed E-state index contributed by atoms with van der Waals surface area (Å²) in [6, 6.07) is -0.165. The van der Waals surface area contributed by atoms with Crippen LogP contribution in [0.2, 0.25) is 0 Å². The van der Waals surface area contributed by atoms with Crippen LogP contribution in [0.3, 0.4) is 0 Å². The van der Waals surface area contributed by atoms with Crippen LogP contribution in [-0.4, -0.2) is 24.4 Å². The van der Waals surface area contributed by atoms with Crippen LogP contribution < -0.4 is 10.6 Å². The summed E-state index contributed by atoms with van der Waals surface area (Å²) < 4.78 is 0. The molecule has 1 saturated heterocycles. The van der Waals surface area contributed by atoms with Crippen molar-refractivity contribution in [1.29, 1.82) is 0 Å². The average Bonchev–Trinajstić information content (AvgIpc) is 2.40. The van der Waals surface area contributed by atoms with Gasteiger partial charge in [-0.2, -0.15) is 0 Å². The fourth-order valence-corrected chi connectivity index (χ4v) is 3.08. The van der Waals surface area contributed by atoms with Crippen LogP contribution >= 0.6 is 0 Å². The molecule has 1 heterocycles. The van der Waals surface area contributed by atoms with Gasteiger partial charge < -0.3 is 5.32 Å². The van der Waals surface area contributed by atoms with Crippen LogP contribution in [0.4, 0.5) is 0 Å². The van der Waals surface area contributed by atoms with E-state index in [1.807, 2.05) is 0 Å². The normalized spacial score (nSPS) is 32.8. The molecule has 2 aliphatic rings. The van der Waals surface area contributed by atoms with Crippen molar-refractivity contribution >= 4 is 11.8 Å². The van der Waals surface area contributed by atoms with E-state index >= 15 is 0 Å². The second-order valence-electron chi connectivity index (χ2n) is 5.72. The first-order chi connectivity index (χ1) is 8.68. The van der Waals surface area contributed by atoms with Gasteiger partial charge in [-0.25, -0.2) is 0 Å². The highest BCUT2D eigenvalue weighted by atomic mass is 16.2. The third-order valence-electron chi connectivity index (χ3n) is 4.32. The number of carbonyl (C=O) groups excluding carboxylic acids is 2. The number of hydrogen-bond donors (Lipinski definition) is 2. The summed E-state index contributed by atoms with van der Waals surface area (Å²) in [6.07, 6.45) is 7.39. The first-order valence-corrected chi connectivity index (χ1v) is 7.26. The number of carbonyl (C=O) groups is 2. The Morgan fingerprint density at radius 2 is 1.72 bits per heavy atom. The van der Waals surface area contributed by atoms with Crippen molar-refractivity contribution in [2.75, 3.05) is 6.54 Å². The molecule has 3 atom stereocenters. The minimum absolute atomic E-state index is 0.0336. The van der Waals surface area contributed by atoms with E-state index in [9.17, 15) is 9.59 Å². The van der Waals surface area contributed by atoms with E-state index in [1.165, 1.54) is 6.42 Å². The molecular formula is C14H24N2O2. The van der Waals surface area contributed by atoms with Crippen LogP contribution in [0.25, 0.3) is 0 Å². The molecule has 2 rings (SSSR count). The molecule has 0 aromatic heterocycles. The van der Waals surface area contributed by atoms with Gasteiger partial charge in [-0.05, 0) is 38.1 Å². The summed E-state index contributed by atoms with van der Waals surface area (Å²) >= 11 is 0. The van der Waals surface area contributed by atoms with Crippen LogP contribution in [0.15, 0.2) is 0 Å². The Morgan fingerprint density at radius 3 is 2.39 bits per heavy atom. The van der Waals surface area contributed by atoms with Crippen molar-refractivity contribution in [3.05, 3.63) is 0 Å². The highest BCUT2D eigenvalue weighted by Gasteiger charge is 2.30. The van der Waals surface area contributed by atoms with E-state index < -0.39 is 0 Å². The van der Waals surface area contributed by atoms with E-state index in [2.05, 4.69) is 17.6 Å². The summed E-state index contributed by atoms with van der Waals surface area (Å²) in [4.78, 5) is 24.1. The van der Waals surface area contributed by atoms with Gasteiger partial charge in [0.2, 0.25) is 11.8 Å². The standard InChI is InChI=1S/C14H24N2O2/c1-10-6-2-3-7-11(10)13(17)16-14(18)12-8-4-5-9-15-12/h10-12,15H,2-9H2,1H3,(H,16,17,18). The topological polar surface area (TPSA) is 58.2 Å². The van der Waals surface area contributed by atoms with Gasteiger partial charge in [-0.3, -0.25) is 14.9 Å². The van der Waals surface area contributed by atoms with Crippen molar-refractivity contribution in [3.8, 4) is 0 Å². The molecule has 2 N–H and O–H groups in total. The van der Waals surface area contributed by atoms with Crippen molar-refractivity contribution in [3.63, 3.8) is 0 Å². The Labute approximate surface area is 109 Å². The zero-order chi connectivity index (χ0) is 13.0. The summed E-state index contributed by atoms with van der Waals surface area (Å²) in [5.41, 5.74) is 0. The van der Waals surface area contributed by atoms with Gasteiger partial charge in [-0.15, -0.1) is 0 Å². The van der Waals surface area contributed by atoms with Gasteiger partial charge in [0, 0.05) is 5.92 Å². The number of rotatable bonds is 2. The summed E-state index contributed by atoms with van der Waals surface area (Å²) in [5.74, 6) is 0.259. The van der Waals surface area contributed by atoms with Crippen molar-refractivity contribution < 1.29 is 9.59 Å². The van der Waals surface area contributed by atoms with E-state index in [0.29, 0.717) is 5.92 Å². The first-order valence-electron chi connectivity index (χ1n) is 7.26. The molecule has 0 aromatic carbocycles. The molecule has 0 spiro atoms. The molecule has 1 aliphatic heterocycles. The summed E-state index contributed by atoms with van der Waals surface area (Å²) in [7, 11) is 0. The van der Waals surface area contributed by atoms with Gasteiger partial charge in [0.1, 0.15) is 0 Å². The molecule has 0 radical (unpaired) electrons. The predicted octanol–water partition coefficient (Wildman–Crippen LogP) is 1.60. The molecule has 1 aliphatic carbocycles. The highest BCUT2D eigenvalue weighted by molar-refractivity contribution is 5.98. The number of hydrogen-bond acceptors (Lipinski definition) is 3. The lowest BCUT2D eigenvalue weighted by Gasteiger charge is -2.28. The lowest BCUT2D eigenvalue weighted by molar-refractivity contribution is -0.135. The first kappa shape index (κ1) is 13.5. The van der Waals surface area contributed by atoms with Gasteiger partial charge in [0.25, 0.3) is 0 Å². The zero-order valence-corrected chi connectivity index (χ0v) is 11.2. The van der Waals surface area contributed by atoms with Crippen LogP contribution in [0.5, 0.6) is 0 Å². The van der Waals surface area contributed by atoms with E-state index in [0.717, 1.165) is 45.1 Å². The van der Waals surface area contributed by atoms with Gasteiger partial charge >= 0.3 is 0 Å². The van der Waals surface area contributed by atoms with Gasteiger partial charge in [-0.1, -0.05) is 26.2 Å². The van der Waals surface area contributed by atoms with E-state index in [-0.39, 0.29) is 23.8 Å². The van der Waals surface area contributed by atoms with E-state index in [1.54, 1.807) is 0 Å². The van der Waals surface area contributed by atoms with Crippen LogP contribution in [0, 0.1) is 11.8 Å². The molecule has 4 nitrogen and oxygen atoms in total. The second kappa shape index (κ2) is 6.32. The van der Waals surface area contributed by atoms with Crippen molar-refractivity contribution in [2.24, 2.45) is 11.8 Å². The number of nitrogens with one attached hydrogen (secondary N) is 2. The quantitative estimate of drug-likeness (QED) is 0.734. The summed E-state index contributed by atoms with van der Waals surface area (Å²) in [5, 5.41) is 5.78. The summed E-state index contributed by atoms with van der Waals surface area (Å²) in [6.45, 7) is 3.00. The molecule has 2 amide bonds. The molecule has 1 saturated carbocycles. The monoisotopic (exact) mass is 252 g/mol. The van der Waals surface area contributed by atoms with E-state index in [4.69, 9.17) is 0 Å². The molecule has 18 heavy (non-hydrogen) atoms. The number of imide groups is 1. The Kier molecular flexibility index (Phi) is 4.75. The van der Waals surface area contributed by atoms with Gasteiger partial charge in [0.05, 0.1) is 6.04 Å². The van der Waals surface area contributed by atoms with Gasteiger partial charge in [0.15, 0.2) is 0 Å². The minimum atomic E-state index is -0.165. The van der Waals surface area contributed by atoms with Crippen molar-refractivity contribution in [2.45, 2.75) is 57.9 Å². The van der Waals surface area contributed by atoms with Crippen molar-refractivity contribution in [1.82, 2.24) is 10.6 Å². The van der Waals surface area contributed by atoms with Crippen LogP contribution in [0.1, 0.15) is 51.9 Å². The van der Waals surface area contributed by atoms with Crippen LogP contribution in [-0.2, 0) is 9.59 Å². The maximum atomic E-state index is 12.1. The molecule has 4 heteroatoms. The lowest BCUT2D eigenvalue weighted by Crippen LogP contribution is -2.50. The maximum absolute atomic E-state index is 12.1. The Balaban J connectivity index is 1.84. The highest BCUT2D eigenvalue weighted by Crippen LogP contribution is 2.29. The fourth-order valence-electron chi connectivity index (χ4n) is 3.08. The average molecular weight is 252 g/mol. The molecular weight excluding hydrogens is 228 g/mol. The molecule has 2 fully saturated rings. The molecule has 0 aromatic rings. The number of piperidine rings is 1. The lowest BCUT2D eigenvalue weighted by atomic mass is 9.80. The predicted molar refractivity (Wildman–Crippen MR) is 69.9 cm³/mol. The molecule has 0 bridgehead atoms. The Morgan fingerprint density at radius 1 is 1.00 bits per heavy atom. The largest absolute Gasteiger partial charge is 0.306 e. The Bertz CT molecular complexity index is 311. The number of amides is 2. The SMILES string of the molecule is CC1CCCCC1C(=O)NC(=O)C1CCCCN1. The third kappa shape index (κ3) is 3.31. The maximum Gasteiger partial charge on any atom is 0.243 e. The smallest absolute Gasteiger partial charge is 0.243 e. The minimum Gasteiger partial charge on any atom is -0.306 e. The molecule has 3 unspecified atom stereocenters. The molecule has 102 valence electrons. The Hall–Kier alpha value is -0.900. The third-order valence-corrected chi connectivity index (χ3v) is 4.32. The fraction of sp³-hybridized carbons (Fsp3) is 0.857. The zero-order valence-electron chi connectivity index (χ0n) is 11.2. The second-order valence-corrected chi connectivity index (χ2v) is 5.72.